The van der Waals surface area contributed by atoms with Crippen LogP contribution in [0.25, 0.3) is 0 Å². The highest BCUT2D eigenvalue weighted by molar-refractivity contribution is 9.10. The van der Waals surface area contributed by atoms with Crippen molar-refractivity contribution in [3.63, 3.8) is 0 Å². The Balaban J connectivity index is 2.05. The number of unbranched alkanes of at least 4 members (excludes halogenated alkanes) is 1. The highest BCUT2D eigenvalue weighted by Crippen LogP contribution is 2.20. The van der Waals surface area contributed by atoms with E-state index >= 15 is 0 Å². The first-order valence-corrected chi connectivity index (χ1v) is 8.03. The summed E-state index contributed by atoms with van der Waals surface area (Å²) in [5.74, 6) is 0.420. The molecule has 1 amide bonds. The van der Waals surface area contributed by atoms with E-state index in [2.05, 4.69) is 43.5 Å². The van der Waals surface area contributed by atoms with Crippen LogP contribution in [-0.4, -0.2) is 22.4 Å². The zero-order valence-corrected chi connectivity index (χ0v) is 14.3. The van der Waals surface area contributed by atoms with Gasteiger partial charge in [0.25, 0.3) is 5.91 Å². The summed E-state index contributed by atoms with van der Waals surface area (Å²) in [6.45, 7) is 4.93. The molecule has 0 atom stereocenters. The van der Waals surface area contributed by atoms with Crippen LogP contribution in [0.4, 0.5) is 11.5 Å². The van der Waals surface area contributed by atoms with Gasteiger partial charge in [-0.15, -0.1) is 0 Å². The lowest BCUT2D eigenvalue weighted by atomic mass is 10.2. The molecule has 2 aromatic rings. The van der Waals surface area contributed by atoms with Crippen molar-refractivity contribution >= 4 is 33.3 Å². The SMILES string of the molecule is CCCCNc1cc(C(=O)Nc2ccc(Br)c(C)c2)ncn1. The van der Waals surface area contributed by atoms with Gasteiger partial charge in [0.1, 0.15) is 17.8 Å². The zero-order valence-electron chi connectivity index (χ0n) is 12.7. The van der Waals surface area contributed by atoms with E-state index in [1.165, 1.54) is 6.33 Å². The van der Waals surface area contributed by atoms with E-state index in [-0.39, 0.29) is 5.91 Å². The number of carbonyl (C=O) groups is 1. The van der Waals surface area contributed by atoms with E-state index in [1.54, 1.807) is 6.07 Å². The van der Waals surface area contributed by atoms with Gasteiger partial charge in [-0.1, -0.05) is 29.3 Å². The molecule has 0 spiro atoms. The molecule has 1 aromatic heterocycles. The largest absolute Gasteiger partial charge is 0.370 e. The Morgan fingerprint density at radius 1 is 1.27 bits per heavy atom. The first-order valence-electron chi connectivity index (χ1n) is 7.23. The number of rotatable bonds is 6. The number of nitrogens with one attached hydrogen (secondary N) is 2. The van der Waals surface area contributed by atoms with Gasteiger partial charge in [0.05, 0.1) is 0 Å². The molecule has 2 rings (SSSR count). The number of amides is 1. The molecule has 0 fully saturated rings. The number of hydrogen-bond donors (Lipinski definition) is 2. The number of nitrogens with zero attached hydrogens (tertiary/aromatic N) is 2. The zero-order chi connectivity index (χ0) is 15.9. The molecular weight excluding hydrogens is 344 g/mol. The van der Waals surface area contributed by atoms with E-state index in [9.17, 15) is 4.79 Å². The van der Waals surface area contributed by atoms with E-state index in [0.717, 1.165) is 35.1 Å². The first-order chi connectivity index (χ1) is 10.6. The third-order valence-corrected chi connectivity index (χ3v) is 4.04. The number of aromatic nitrogens is 2. The summed E-state index contributed by atoms with van der Waals surface area (Å²) in [5.41, 5.74) is 2.14. The third kappa shape index (κ3) is 4.53. The van der Waals surface area contributed by atoms with Gasteiger partial charge in [-0.2, -0.15) is 0 Å². The van der Waals surface area contributed by atoms with Crippen molar-refractivity contribution in [2.45, 2.75) is 26.7 Å². The molecule has 1 heterocycles. The van der Waals surface area contributed by atoms with Gasteiger partial charge in [0.15, 0.2) is 0 Å². The van der Waals surface area contributed by atoms with E-state index < -0.39 is 0 Å². The minimum absolute atomic E-state index is 0.248. The van der Waals surface area contributed by atoms with Crippen LogP contribution in [0.5, 0.6) is 0 Å². The Kier molecular flexibility index (Phi) is 5.89. The van der Waals surface area contributed by atoms with Crippen molar-refractivity contribution in [1.29, 1.82) is 0 Å². The molecule has 22 heavy (non-hydrogen) atoms. The van der Waals surface area contributed by atoms with Gasteiger partial charge < -0.3 is 10.6 Å². The van der Waals surface area contributed by atoms with Crippen LogP contribution in [-0.2, 0) is 0 Å². The smallest absolute Gasteiger partial charge is 0.274 e. The summed E-state index contributed by atoms with van der Waals surface area (Å²) >= 11 is 3.44. The number of aryl methyl sites for hydroxylation is 1. The molecule has 6 heteroatoms. The monoisotopic (exact) mass is 362 g/mol. The Labute approximate surface area is 138 Å². The standard InChI is InChI=1S/C16H19BrN4O/c1-3-4-7-18-15-9-14(19-10-20-15)16(22)21-12-5-6-13(17)11(2)8-12/h5-6,8-10H,3-4,7H2,1-2H3,(H,21,22)(H,18,19,20). The third-order valence-electron chi connectivity index (χ3n) is 3.15. The molecular formula is C16H19BrN4O. The fraction of sp³-hybridized carbons (Fsp3) is 0.312. The summed E-state index contributed by atoms with van der Waals surface area (Å²) in [6.07, 6.45) is 3.56. The second kappa shape index (κ2) is 7.89. The molecule has 0 aliphatic carbocycles. The number of hydrogen-bond acceptors (Lipinski definition) is 4. The molecule has 1 aromatic carbocycles. The number of halogens is 1. The van der Waals surface area contributed by atoms with Crippen LogP contribution in [0.15, 0.2) is 35.1 Å². The minimum Gasteiger partial charge on any atom is -0.370 e. The number of benzene rings is 1. The summed E-state index contributed by atoms with van der Waals surface area (Å²) in [7, 11) is 0. The van der Waals surface area contributed by atoms with Gasteiger partial charge in [0, 0.05) is 22.8 Å². The summed E-state index contributed by atoms with van der Waals surface area (Å²) in [5, 5.41) is 6.03. The fourth-order valence-corrected chi connectivity index (χ4v) is 2.14. The molecule has 5 nitrogen and oxygen atoms in total. The molecule has 0 bridgehead atoms. The summed E-state index contributed by atoms with van der Waals surface area (Å²) in [4.78, 5) is 20.4. The van der Waals surface area contributed by atoms with Crippen molar-refractivity contribution < 1.29 is 4.79 Å². The average molecular weight is 363 g/mol. The molecule has 0 saturated carbocycles. The Morgan fingerprint density at radius 3 is 2.82 bits per heavy atom. The maximum Gasteiger partial charge on any atom is 0.274 e. The van der Waals surface area contributed by atoms with Gasteiger partial charge in [-0.05, 0) is 37.1 Å². The molecule has 0 radical (unpaired) electrons. The van der Waals surface area contributed by atoms with Gasteiger partial charge in [-0.3, -0.25) is 4.79 Å². The second-order valence-corrected chi connectivity index (χ2v) is 5.84. The normalized spacial score (nSPS) is 10.3. The van der Waals surface area contributed by atoms with Crippen molar-refractivity contribution in [1.82, 2.24) is 9.97 Å². The summed E-state index contributed by atoms with van der Waals surface area (Å²) in [6, 6.07) is 7.32. The van der Waals surface area contributed by atoms with Crippen LogP contribution in [0, 0.1) is 6.92 Å². The average Bonchev–Trinajstić information content (AvgIpc) is 2.51. The van der Waals surface area contributed by atoms with Crippen molar-refractivity contribution in [3.05, 3.63) is 46.3 Å². The van der Waals surface area contributed by atoms with Crippen molar-refractivity contribution in [2.75, 3.05) is 17.2 Å². The molecule has 0 aliphatic rings. The van der Waals surface area contributed by atoms with Gasteiger partial charge in [-0.25, -0.2) is 9.97 Å². The predicted molar refractivity (Wildman–Crippen MR) is 92.3 cm³/mol. The van der Waals surface area contributed by atoms with E-state index in [1.807, 2.05) is 25.1 Å². The van der Waals surface area contributed by atoms with Crippen molar-refractivity contribution in [3.8, 4) is 0 Å². The molecule has 0 saturated heterocycles. The van der Waals surface area contributed by atoms with Crippen LogP contribution in [0.1, 0.15) is 35.8 Å². The molecule has 2 N–H and O–H groups in total. The van der Waals surface area contributed by atoms with Crippen LogP contribution >= 0.6 is 15.9 Å². The minimum atomic E-state index is -0.248. The highest BCUT2D eigenvalue weighted by atomic mass is 79.9. The molecule has 0 unspecified atom stereocenters. The first kappa shape index (κ1) is 16.4. The predicted octanol–water partition coefficient (Wildman–Crippen LogP) is 4.01. The number of carbonyl (C=O) groups excluding carboxylic acids is 1. The van der Waals surface area contributed by atoms with Crippen LogP contribution in [0.2, 0.25) is 0 Å². The Bertz CT molecular complexity index is 660. The maximum atomic E-state index is 12.3. The fourth-order valence-electron chi connectivity index (χ4n) is 1.89. The number of anilines is 2. The lowest BCUT2D eigenvalue weighted by Gasteiger charge is -2.08. The highest BCUT2D eigenvalue weighted by Gasteiger charge is 2.09. The van der Waals surface area contributed by atoms with Crippen molar-refractivity contribution in [2.24, 2.45) is 0 Å². The topological polar surface area (TPSA) is 66.9 Å². The van der Waals surface area contributed by atoms with Gasteiger partial charge >= 0.3 is 0 Å². The summed E-state index contributed by atoms with van der Waals surface area (Å²) < 4.78 is 1.01. The quantitative estimate of drug-likeness (QED) is 0.761. The van der Waals surface area contributed by atoms with Crippen LogP contribution < -0.4 is 10.6 Å². The lowest BCUT2D eigenvalue weighted by Crippen LogP contribution is -2.15. The van der Waals surface area contributed by atoms with Gasteiger partial charge in [0.2, 0.25) is 0 Å². The van der Waals surface area contributed by atoms with Crippen LogP contribution in [0.3, 0.4) is 0 Å². The molecule has 0 aliphatic heterocycles. The molecule has 116 valence electrons. The van der Waals surface area contributed by atoms with E-state index in [0.29, 0.717) is 11.5 Å². The van der Waals surface area contributed by atoms with E-state index in [4.69, 9.17) is 0 Å². The Hall–Kier alpha value is -1.95. The second-order valence-electron chi connectivity index (χ2n) is 4.99. The maximum absolute atomic E-state index is 12.3. The Morgan fingerprint density at radius 2 is 2.09 bits per heavy atom. The lowest BCUT2D eigenvalue weighted by molar-refractivity contribution is 0.102.